The lowest BCUT2D eigenvalue weighted by Crippen LogP contribution is -2.26. The molecule has 0 amide bonds. The number of halogens is 1. The second kappa shape index (κ2) is 5.88. The summed E-state index contributed by atoms with van der Waals surface area (Å²) in [6, 6.07) is 8.10. The van der Waals surface area contributed by atoms with Crippen molar-refractivity contribution in [1.82, 2.24) is 5.32 Å². The Balaban J connectivity index is 2.53. The van der Waals surface area contributed by atoms with Gasteiger partial charge in [-0.3, -0.25) is 4.79 Å². The van der Waals surface area contributed by atoms with E-state index < -0.39 is 0 Å². The second-order valence-electron chi connectivity index (χ2n) is 3.23. The zero-order valence-corrected chi connectivity index (χ0v) is 10.4. The summed E-state index contributed by atoms with van der Waals surface area (Å²) in [5.41, 5.74) is 1.13. The van der Waals surface area contributed by atoms with Crippen LogP contribution >= 0.6 is 15.9 Å². The van der Waals surface area contributed by atoms with Crippen molar-refractivity contribution < 1.29 is 9.53 Å². The molecule has 0 aliphatic carbocycles. The highest BCUT2D eigenvalue weighted by Crippen LogP contribution is 2.17. The first-order valence-corrected chi connectivity index (χ1v) is 5.48. The molecule has 0 radical (unpaired) electrons. The molecule has 4 heteroatoms. The maximum absolute atomic E-state index is 10.9. The molecular weight excluding hydrogens is 258 g/mol. The average molecular weight is 272 g/mol. The molecule has 1 aromatic rings. The van der Waals surface area contributed by atoms with Crippen molar-refractivity contribution >= 4 is 21.9 Å². The van der Waals surface area contributed by atoms with Gasteiger partial charge in [-0.05, 0) is 24.6 Å². The molecule has 1 rings (SSSR count). The van der Waals surface area contributed by atoms with Crippen molar-refractivity contribution in [2.24, 2.45) is 0 Å². The number of methoxy groups -OCH3 is 1. The fourth-order valence-electron chi connectivity index (χ4n) is 1.20. The zero-order valence-electron chi connectivity index (χ0n) is 8.79. The Morgan fingerprint density at radius 1 is 1.60 bits per heavy atom. The van der Waals surface area contributed by atoms with Crippen LogP contribution in [0.25, 0.3) is 0 Å². The summed E-state index contributed by atoms with van der Waals surface area (Å²) in [7, 11) is 1.38. The van der Waals surface area contributed by atoms with Crippen molar-refractivity contribution in [2.75, 3.05) is 13.7 Å². The van der Waals surface area contributed by atoms with E-state index in [1.165, 1.54) is 7.11 Å². The first kappa shape index (κ1) is 12.2. The van der Waals surface area contributed by atoms with Gasteiger partial charge in [0.05, 0.1) is 13.7 Å². The van der Waals surface area contributed by atoms with Crippen LogP contribution in [0.4, 0.5) is 0 Å². The Bertz CT molecular complexity index is 341. The van der Waals surface area contributed by atoms with Gasteiger partial charge in [0.15, 0.2) is 0 Å². The van der Waals surface area contributed by atoms with E-state index in [9.17, 15) is 4.79 Å². The van der Waals surface area contributed by atoms with Crippen molar-refractivity contribution in [3.8, 4) is 0 Å². The van der Waals surface area contributed by atoms with Crippen LogP contribution in [0, 0.1) is 0 Å². The number of carbonyl (C=O) groups is 1. The molecule has 1 atom stereocenters. The van der Waals surface area contributed by atoms with Crippen molar-refractivity contribution in [1.29, 1.82) is 0 Å². The number of carbonyl (C=O) groups excluding carboxylic acids is 1. The predicted octanol–water partition coefficient (Wildman–Crippen LogP) is 2.27. The minimum Gasteiger partial charge on any atom is -0.468 e. The zero-order chi connectivity index (χ0) is 11.3. The summed E-state index contributed by atoms with van der Waals surface area (Å²) < 4.78 is 5.58. The van der Waals surface area contributed by atoms with E-state index in [-0.39, 0.29) is 18.6 Å². The molecule has 1 N–H and O–H groups in total. The fraction of sp³-hybridized carbons (Fsp3) is 0.364. The maximum atomic E-state index is 10.9. The smallest absolute Gasteiger partial charge is 0.319 e. The summed E-state index contributed by atoms with van der Waals surface area (Å²) >= 11 is 3.40. The Kier molecular flexibility index (Phi) is 4.78. The Morgan fingerprint density at radius 2 is 2.33 bits per heavy atom. The Hall–Kier alpha value is -0.870. The third-order valence-electron chi connectivity index (χ3n) is 2.13. The van der Waals surface area contributed by atoms with Gasteiger partial charge in [0.2, 0.25) is 0 Å². The summed E-state index contributed by atoms with van der Waals surface area (Å²) in [5, 5.41) is 3.08. The molecule has 0 fully saturated rings. The van der Waals surface area contributed by atoms with Crippen LogP contribution < -0.4 is 5.32 Å². The first-order valence-electron chi connectivity index (χ1n) is 4.69. The Morgan fingerprint density at radius 3 is 2.93 bits per heavy atom. The number of benzene rings is 1. The monoisotopic (exact) mass is 271 g/mol. The van der Waals surface area contributed by atoms with Gasteiger partial charge < -0.3 is 10.1 Å². The third kappa shape index (κ3) is 4.01. The summed E-state index contributed by atoms with van der Waals surface area (Å²) in [4.78, 5) is 10.9. The quantitative estimate of drug-likeness (QED) is 0.854. The lowest BCUT2D eigenvalue weighted by molar-refractivity contribution is -0.139. The molecule has 3 nitrogen and oxygen atoms in total. The van der Waals surface area contributed by atoms with Crippen molar-refractivity contribution in [3.05, 3.63) is 34.3 Å². The number of rotatable bonds is 4. The number of hydrogen-bond acceptors (Lipinski definition) is 3. The van der Waals surface area contributed by atoms with Gasteiger partial charge in [-0.2, -0.15) is 0 Å². The number of esters is 1. The van der Waals surface area contributed by atoms with Crippen LogP contribution in [0.15, 0.2) is 28.7 Å². The molecule has 0 bridgehead atoms. The molecule has 0 spiro atoms. The van der Waals surface area contributed by atoms with Gasteiger partial charge in [0, 0.05) is 10.5 Å². The highest BCUT2D eigenvalue weighted by Gasteiger charge is 2.07. The average Bonchev–Trinajstić information content (AvgIpc) is 2.25. The topological polar surface area (TPSA) is 38.3 Å². The fourth-order valence-corrected chi connectivity index (χ4v) is 1.62. The minimum atomic E-state index is -0.253. The first-order chi connectivity index (χ1) is 7.13. The van der Waals surface area contributed by atoms with E-state index in [0.29, 0.717) is 0 Å². The SMILES string of the molecule is COC(=O)CN[C@H](C)c1cccc(Br)c1. The van der Waals surface area contributed by atoms with E-state index in [1.807, 2.05) is 31.2 Å². The van der Waals surface area contributed by atoms with Crippen molar-refractivity contribution in [2.45, 2.75) is 13.0 Å². The molecule has 0 unspecified atom stereocenters. The molecule has 0 aromatic heterocycles. The van der Waals surface area contributed by atoms with Gasteiger partial charge >= 0.3 is 5.97 Å². The molecule has 0 aliphatic rings. The summed E-state index contributed by atoms with van der Waals surface area (Å²) in [6.45, 7) is 2.23. The van der Waals surface area contributed by atoms with E-state index in [1.54, 1.807) is 0 Å². The molecule has 0 saturated carbocycles. The normalized spacial score (nSPS) is 12.2. The number of nitrogens with one attached hydrogen (secondary N) is 1. The minimum absolute atomic E-state index is 0.126. The Labute approximate surface area is 97.9 Å². The number of ether oxygens (including phenoxy) is 1. The van der Waals surface area contributed by atoms with Gasteiger partial charge in [-0.1, -0.05) is 28.1 Å². The lowest BCUT2D eigenvalue weighted by Gasteiger charge is -2.13. The molecule has 82 valence electrons. The maximum Gasteiger partial charge on any atom is 0.319 e. The van der Waals surface area contributed by atoms with E-state index in [2.05, 4.69) is 26.0 Å². The molecule has 0 saturated heterocycles. The van der Waals surface area contributed by atoms with Crippen LogP contribution in [0.2, 0.25) is 0 Å². The van der Waals surface area contributed by atoms with Crippen LogP contribution in [0.3, 0.4) is 0 Å². The van der Waals surface area contributed by atoms with Gasteiger partial charge in [0.1, 0.15) is 0 Å². The van der Waals surface area contributed by atoms with Gasteiger partial charge in [0.25, 0.3) is 0 Å². The standard InChI is InChI=1S/C11H14BrNO2/c1-8(13-7-11(14)15-2)9-4-3-5-10(12)6-9/h3-6,8,13H,7H2,1-2H3/t8-/m1/s1. The summed E-state index contributed by atoms with van der Waals surface area (Å²) in [6.07, 6.45) is 0. The molecule has 15 heavy (non-hydrogen) atoms. The van der Waals surface area contributed by atoms with E-state index in [4.69, 9.17) is 0 Å². The van der Waals surface area contributed by atoms with Crippen molar-refractivity contribution in [3.63, 3.8) is 0 Å². The van der Waals surface area contributed by atoms with Crippen LogP contribution in [0.5, 0.6) is 0 Å². The molecule has 0 aliphatic heterocycles. The van der Waals surface area contributed by atoms with E-state index in [0.717, 1.165) is 10.0 Å². The third-order valence-corrected chi connectivity index (χ3v) is 2.62. The number of hydrogen-bond donors (Lipinski definition) is 1. The largest absolute Gasteiger partial charge is 0.468 e. The van der Waals surface area contributed by atoms with E-state index >= 15 is 0 Å². The highest BCUT2D eigenvalue weighted by molar-refractivity contribution is 9.10. The van der Waals surface area contributed by atoms with Gasteiger partial charge in [-0.25, -0.2) is 0 Å². The lowest BCUT2D eigenvalue weighted by atomic mass is 10.1. The van der Waals surface area contributed by atoms with Crippen LogP contribution in [-0.4, -0.2) is 19.6 Å². The molecule has 0 heterocycles. The van der Waals surface area contributed by atoms with Crippen LogP contribution in [0.1, 0.15) is 18.5 Å². The van der Waals surface area contributed by atoms with Gasteiger partial charge in [-0.15, -0.1) is 0 Å². The van der Waals surface area contributed by atoms with Crippen LogP contribution in [-0.2, 0) is 9.53 Å². The second-order valence-corrected chi connectivity index (χ2v) is 4.15. The highest BCUT2D eigenvalue weighted by atomic mass is 79.9. The molecule has 1 aromatic carbocycles. The predicted molar refractivity (Wildman–Crippen MR) is 62.6 cm³/mol. The molecular formula is C11H14BrNO2. The summed E-state index contributed by atoms with van der Waals surface area (Å²) in [5.74, 6) is -0.253.